The second-order valence-corrected chi connectivity index (χ2v) is 4.25. The van der Waals surface area contributed by atoms with E-state index in [1.165, 1.54) is 0 Å². The Morgan fingerprint density at radius 1 is 1.47 bits per heavy atom. The summed E-state index contributed by atoms with van der Waals surface area (Å²) in [4.78, 5) is 10.8. The second kappa shape index (κ2) is 4.34. The van der Waals surface area contributed by atoms with Crippen LogP contribution in [0.5, 0.6) is 0 Å². The van der Waals surface area contributed by atoms with Crippen molar-refractivity contribution in [2.45, 2.75) is 32.7 Å². The molecule has 2 N–H and O–H groups in total. The Morgan fingerprint density at radius 3 is 2.67 bits per heavy atom. The van der Waals surface area contributed by atoms with Crippen molar-refractivity contribution in [2.75, 3.05) is 5.32 Å². The zero-order chi connectivity index (χ0) is 11.5. The predicted molar refractivity (Wildman–Crippen MR) is 61.4 cm³/mol. The fraction of sp³-hybridized carbons (Fsp3) is 0.417. The molecule has 0 aliphatic carbocycles. The van der Waals surface area contributed by atoms with Crippen LogP contribution in [0.2, 0.25) is 0 Å². The van der Waals surface area contributed by atoms with Crippen LogP contribution in [0.4, 0.5) is 5.69 Å². The van der Waals surface area contributed by atoms with E-state index in [-0.39, 0.29) is 5.54 Å². The van der Waals surface area contributed by atoms with Gasteiger partial charge in [0.15, 0.2) is 0 Å². The molecule has 3 heteroatoms. The summed E-state index contributed by atoms with van der Waals surface area (Å²) in [6.07, 6.45) is 0.976. The molecular weight excluding hydrogens is 190 g/mol. The maximum absolute atomic E-state index is 10.8. The average Bonchev–Trinajstić information content (AvgIpc) is 2.17. The van der Waals surface area contributed by atoms with Crippen LogP contribution in [0, 0.1) is 0 Å². The van der Waals surface area contributed by atoms with E-state index in [1.807, 2.05) is 6.07 Å². The third-order valence-corrected chi connectivity index (χ3v) is 2.48. The molecule has 0 fully saturated rings. The van der Waals surface area contributed by atoms with Gasteiger partial charge in [0, 0.05) is 11.2 Å². The number of carboxylic acids is 1. The first-order chi connectivity index (χ1) is 6.94. The Kier molecular flexibility index (Phi) is 3.35. The van der Waals surface area contributed by atoms with Crippen LogP contribution < -0.4 is 5.32 Å². The zero-order valence-corrected chi connectivity index (χ0v) is 9.37. The molecule has 0 heterocycles. The smallest absolute Gasteiger partial charge is 0.335 e. The quantitative estimate of drug-likeness (QED) is 0.798. The molecule has 0 aliphatic rings. The van der Waals surface area contributed by atoms with Crippen molar-refractivity contribution >= 4 is 11.7 Å². The molecule has 1 rings (SSSR count). The van der Waals surface area contributed by atoms with E-state index in [9.17, 15) is 4.79 Å². The topological polar surface area (TPSA) is 49.3 Å². The normalized spacial score (nSPS) is 11.1. The first kappa shape index (κ1) is 11.6. The van der Waals surface area contributed by atoms with Crippen molar-refractivity contribution in [1.29, 1.82) is 0 Å². The van der Waals surface area contributed by atoms with Gasteiger partial charge in [-0.1, -0.05) is 13.0 Å². The van der Waals surface area contributed by atoms with Gasteiger partial charge in [-0.05, 0) is 38.5 Å². The highest BCUT2D eigenvalue weighted by Crippen LogP contribution is 2.18. The Hall–Kier alpha value is -1.51. The fourth-order valence-corrected chi connectivity index (χ4v) is 1.21. The molecule has 0 aromatic heterocycles. The first-order valence-electron chi connectivity index (χ1n) is 5.06. The first-order valence-corrected chi connectivity index (χ1v) is 5.06. The van der Waals surface area contributed by atoms with E-state index in [2.05, 4.69) is 26.1 Å². The third-order valence-electron chi connectivity index (χ3n) is 2.48. The van der Waals surface area contributed by atoms with Gasteiger partial charge >= 0.3 is 5.97 Å². The molecule has 82 valence electrons. The van der Waals surface area contributed by atoms with Crippen molar-refractivity contribution in [3.8, 4) is 0 Å². The van der Waals surface area contributed by atoms with Crippen molar-refractivity contribution < 1.29 is 9.90 Å². The summed E-state index contributed by atoms with van der Waals surface area (Å²) in [6, 6.07) is 6.87. The molecule has 3 nitrogen and oxygen atoms in total. The molecule has 0 amide bonds. The SMILES string of the molecule is CCC(C)(C)Nc1cccc(C(=O)O)c1. The van der Waals surface area contributed by atoms with Crippen molar-refractivity contribution in [1.82, 2.24) is 0 Å². The molecule has 1 aromatic rings. The predicted octanol–water partition coefficient (Wildman–Crippen LogP) is 2.99. The van der Waals surface area contributed by atoms with Gasteiger partial charge in [0.1, 0.15) is 0 Å². The van der Waals surface area contributed by atoms with Crippen molar-refractivity contribution in [2.24, 2.45) is 0 Å². The van der Waals surface area contributed by atoms with E-state index in [4.69, 9.17) is 5.11 Å². The lowest BCUT2D eigenvalue weighted by molar-refractivity contribution is 0.0697. The van der Waals surface area contributed by atoms with Gasteiger partial charge < -0.3 is 10.4 Å². The van der Waals surface area contributed by atoms with Crippen LogP contribution in [0.15, 0.2) is 24.3 Å². The summed E-state index contributed by atoms with van der Waals surface area (Å²) in [5, 5.41) is 12.1. The number of benzene rings is 1. The Bertz CT molecular complexity index is 358. The number of carboxylic acid groups (broad SMARTS) is 1. The van der Waals surface area contributed by atoms with Crippen LogP contribution >= 0.6 is 0 Å². The molecule has 0 unspecified atom stereocenters. The number of rotatable bonds is 4. The molecule has 0 aliphatic heterocycles. The second-order valence-electron chi connectivity index (χ2n) is 4.25. The minimum atomic E-state index is -0.895. The summed E-state index contributed by atoms with van der Waals surface area (Å²) in [5.74, 6) is -0.895. The van der Waals surface area contributed by atoms with Crippen molar-refractivity contribution in [3.05, 3.63) is 29.8 Å². The molecule has 0 saturated heterocycles. The van der Waals surface area contributed by atoms with Crippen molar-refractivity contribution in [3.63, 3.8) is 0 Å². The number of nitrogens with one attached hydrogen (secondary N) is 1. The Morgan fingerprint density at radius 2 is 2.13 bits per heavy atom. The summed E-state index contributed by atoms with van der Waals surface area (Å²) in [7, 11) is 0. The highest BCUT2D eigenvalue weighted by molar-refractivity contribution is 5.88. The van der Waals surface area contributed by atoms with Crippen LogP contribution in [0.3, 0.4) is 0 Å². The van der Waals surface area contributed by atoms with Gasteiger partial charge in [0.25, 0.3) is 0 Å². The standard InChI is InChI=1S/C12H17NO2/c1-4-12(2,3)13-10-7-5-6-9(8-10)11(14)15/h5-8,13H,4H2,1-3H3,(H,14,15). The van der Waals surface area contributed by atoms with E-state index in [0.717, 1.165) is 12.1 Å². The van der Waals surface area contributed by atoms with Crippen LogP contribution in [0.1, 0.15) is 37.6 Å². The minimum absolute atomic E-state index is 0.0167. The number of hydrogen-bond donors (Lipinski definition) is 2. The van der Waals surface area contributed by atoms with E-state index in [0.29, 0.717) is 5.56 Å². The fourth-order valence-electron chi connectivity index (χ4n) is 1.21. The maximum atomic E-state index is 10.8. The molecular formula is C12H17NO2. The van der Waals surface area contributed by atoms with Gasteiger partial charge in [0.05, 0.1) is 5.56 Å². The monoisotopic (exact) mass is 207 g/mol. The van der Waals surface area contributed by atoms with E-state index in [1.54, 1.807) is 18.2 Å². The summed E-state index contributed by atoms with van der Waals surface area (Å²) in [5.41, 5.74) is 1.14. The van der Waals surface area contributed by atoms with Gasteiger partial charge in [-0.3, -0.25) is 0 Å². The van der Waals surface area contributed by atoms with E-state index >= 15 is 0 Å². The average molecular weight is 207 g/mol. The Balaban J connectivity index is 2.87. The number of aromatic carboxylic acids is 1. The lowest BCUT2D eigenvalue weighted by atomic mass is 10.0. The molecule has 0 atom stereocenters. The zero-order valence-electron chi connectivity index (χ0n) is 9.37. The molecule has 0 saturated carbocycles. The molecule has 0 spiro atoms. The molecule has 0 radical (unpaired) electrons. The number of hydrogen-bond acceptors (Lipinski definition) is 2. The summed E-state index contributed by atoms with van der Waals surface area (Å²) >= 11 is 0. The van der Waals surface area contributed by atoms with Gasteiger partial charge in [-0.15, -0.1) is 0 Å². The Labute approximate surface area is 90.1 Å². The largest absolute Gasteiger partial charge is 0.478 e. The van der Waals surface area contributed by atoms with Gasteiger partial charge in [-0.25, -0.2) is 4.79 Å². The third kappa shape index (κ3) is 3.27. The van der Waals surface area contributed by atoms with Crippen LogP contribution in [-0.2, 0) is 0 Å². The van der Waals surface area contributed by atoms with Crippen LogP contribution in [0.25, 0.3) is 0 Å². The summed E-state index contributed by atoms with van der Waals surface area (Å²) < 4.78 is 0. The molecule has 0 bridgehead atoms. The highest BCUT2D eigenvalue weighted by Gasteiger charge is 2.14. The summed E-state index contributed by atoms with van der Waals surface area (Å²) in [6.45, 7) is 6.26. The minimum Gasteiger partial charge on any atom is -0.478 e. The highest BCUT2D eigenvalue weighted by atomic mass is 16.4. The van der Waals surface area contributed by atoms with Gasteiger partial charge in [-0.2, -0.15) is 0 Å². The van der Waals surface area contributed by atoms with Gasteiger partial charge in [0.2, 0.25) is 0 Å². The molecule has 1 aromatic carbocycles. The lowest BCUT2D eigenvalue weighted by Gasteiger charge is -2.26. The number of carbonyl (C=O) groups is 1. The number of anilines is 1. The van der Waals surface area contributed by atoms with E-state index < -0.39 is 5.97 Å². The van der Waals surface area contributed by atoms with Crippen LogP contribution in [-0.4, -0.2) is 16.6 Å². The maximum Gasteiger partial charge on any atom is 0.335 e. The lowest BCUT2D eigenvalue weighted by Crippen LogP contribution is -2.29. The molecule has 15 heavy (non-hydrogen) atoms.